The summed E-state index contributed by atoms with van der Waals surface area (Å²) in [6.45, 7) is 1.50. The van der Waals surface area contributed by atoms with Crippen LogP contribution in [0.1, 0.15) is 28.4 Å². The van der Waals surface area contributed by atoms with Crippen LogP contribution in [0, 0.1) is 5.41 Å². The highest BCUT2D eigenvalue weighted by Gasteiger charge is 2.49. The number of carbonyl (C=O) groups excluding carboxylic acids is 2. The largest absolute Gasteiger partial charge is 0.389 e. The second-order valence-corrected chi connectivity index (χ2v) is 9.16. The van der Waals surface area contributed by atoms with E-state index in [2.05, 4.69) is 0 Å². The van der Waals surface area contributed by atoms with Crippen molar-refractivity contribution in [3.63, 3.8) is 0 Å². The van der Waals surface area contributed by atoms with Crippen LogP contribution < -0.4 is 0 Å². The number of halogens is 3. The molecule has 0 N–H and O–H groups in total. The lowest BCUT2D eigenvalue weighted by molar-refractivity contribution is -0.285. The minimum Gasteiger partial charge on any atom is -0.389 e. The van der Waals surface area contributed by atoms with E-state index in [0.29, 0.717) is 0 Å². The van der Waals surface area contributed by atoms with Gasteiger partial charge in [0.1, 0.15) is 5.41 Å². The first-order chi connectivity index (χ1) is 15.7. The van der Waals surface area contributed by atoms with Gasteiger partial charge in [-0.15, -0.1) is 0 Å². The van der Waals surface area contributed by atoms with Crippen molar-refractivity contribution in [3.8, 4) is 0 Å². The molecule has 1 aliphatic rings. The molecule has 0 amide bonds. The molecular weight excluding hydrogens is 487 g/mol. The minimum absolute atomic E-state index is 0.0150. The molecule has 1 fully saturated rings. The number of hydrogen-bond acceptors (Lipinski definition) is 5. The van der Waals surface area contributed by atoms with Crippen LogP contribution in [-0.2, 0) is 24.8 Å². The predicted octanol–water partition coefficient (Wildman–Crippen LogP) is 6.28. The summed E-state index contributed by atoms with van der Waals surface area (Å²) in [4.78, 5) is 25.6. The van der Waals surface area contributed by atoms with Crippen molar-refractivity contribution < 1.29 is 23.8 Å². The van der Waals surface area contributed by atoms with E-state index in [9.17, 15) is 9.59 Å². The fourth-order valence-electron chi connectivity index (χ4n) is 3.53. The lowest BCUT2D eigenvalue weighted by Crippen LogP contribution is -2.51. The fraction of sp³-hybridized carbons (Fsp3) is 0.200. The Morgan fingerprint density at radius 3 is 1.73 bits per heavy atom. The highest BCUT2D eigenvalue weighted by molar-refractivity contribution is 6.42. The third kappa shape index (κ3) is 4.65. The second-order valence-electron chi connectivity index (χ2n) is 7.91. The van der Waals surface area contributed by atoms with E-state index >= 15 is 0 Å². The topological polar surface area (TPSA) is 61.8 Å². The highest BCUT2D eigenvalue weighted by Crippen LogP contribution is 2.42. The smallest absolute Gasteiger partial charge is 0.348 e. The van der Waals surface area contributed by atoms with E-state index in [1.807, 2.05) is 60.7 Å². The van der Waals surface area contributed by atoms with Crippen LogP contribution >= 0.6 is 34.8 Å². The SMILES string of the molecule is CC1(C(=O)OC(=O)c2c(Cl)cc(Cl)cc2Cl)COC(c2ccccc2)(c2ccccc2)OC1. The molecule has 0 radical (unpaired) electrons. The summed E-state index contributed by atoms with van der Waals surface area (Å²) in [7, 11) is 0. The van der Waals surface area contributed by atoms with E-state index < -0.39 is 23.1 Å². The van der Waals surface area contributed by atoms with Gasteiger partial charge in [0.2, 0.25) is 5.79 Å². The van der Waals surface area contributed by atoms with Gasteiger partial charge in [-0.2, -0.15) is 0 Å². The number of esters is 2. The molecule has 170 valence electrons. The molecule has 3 aromatic rings. The number of ether oxygens (including phenoxy) is 3. The van der Waals surface area contributed by atoms with Crippen molar-refractivity contribution in [2.75, 3.05) is 13.2 Å². The Bertz CT molecular complexity index is 1110. The molecule has 0 atom stereocenters. The van der Waals surface area contributed by atoms with Crippen molar-refractivity contribution >= 4 is 46.7 Å². The zero-order chi connectivity index (χ0) is 23.6. The van der Waals surface area contributed by atoms with Gasteiger partial charge in [0.25, 0.3) is 0 Å². The molecule has 5 nitrogen and oxygen atoms in total. The number of carbonyl (C=O) groups is 2. The van der Waals surface area contributed by atoms with Crippen molar-refractivity contribution in [3.05, 3.63) is 105 Å². The van der Waals surface area contributed by atoms with Gasteiger partial charge in [0.15, 0.2) is 0 Å². The quantitative estimate of drug-likeness (QED) is 0.308. The molecule has 4 rings (SSSR count). The molecule has 33 heavy (non-hydrogen) atoms. The standard InChI is InChI=1S/C25H19Cl3O5/c1-24(23(30)33-22(29)21-19(27)12-18(26)13-20(21)28)14-31-25(32-15-24,16-8-4-2-5-9-16)17-10-6-3-7-11-17/h2-13H,14-15H2,1H3. The van der Waals surface area contributed by atoms with E-state index in [1.54, 1.807) is 6.92 Å². The number of rotatable bonds is 4. The Morgan fingerprint density at radius 2 is 1.27 bits per heavy atom. The summed E-state index contributed by atoms with van der Waals surface area (Å²) in [5.74, 6) is -2.99. The molecule has 0 aromatic heterocycles. The van der Waals surface area contributed by atoms with E-state index in [-0.39, 0.29) is 33.8 Å². The molecular formula is C25H19Cl3O5. The summed E-state index contributed by atoms with van der Waals surface area (Å²) in [6, 6.07) is 21.6. The summed E-state index contributed by atoms with van der Waals surface area (Å²) in [5.41, 5.74) is 0.179. The normalized spacial score (nSPS) is 16.7. The van der Waals surface area contributed by atoms with E-state index in [1.165, 1.54) is 12.1 Å². The third-order valence-electron chi connectivity index (χ3n) is 5.38. The Labute approximate surface area is 206 Å². The van der Waals surface area contributed by atoms with Gasteiger partial charge >= 0.3 is 11.9 Å². The van der Waals surface area contributed by atoms with Gasteiger partial charge in [-0.1, -0.05) is 95.5 Å². The van der Waals surface area contributed by atoms with Crippen LogP contribution in [0.15, 0.2) is 72.8 Å². The molecule has 1 heterocycles. The zero-order valence-corrected chi connectivity index (χ0v) is 19.8. The van der Waals surface area contributed by atoms with Crippen molar-refractivity contribution in [2.45, 2.75) is 12.7 Å². The average Bonchev–Trinajstić information content (AvgIpc) is 2.80. The Kier molecular flexibility index (Phi) is 6.80. The first kappa shape index (κ1) is 23.7. The van der Waals surface area contributed by atoms with Gasteiger partial charge in [-0.3, -0.25) is 4.79 Å². The van der Waals surface area contributed by atoms with Crippen LogP contribution in [0.2, 0.25) is 15.1 Å². The maximum Gasteiger partial charge on any atom is 0.348 e. The monoisotopic (exact) mass is 504 g/mol. The average molecular weight is 506 g/mol. The fourth-order valence-corrected chi connectivity index (χ4v) is 4.51. The summed E-state index contributed by atoms with van der Waals surface area (Å²) in [5, 5.41) is 0.227. The minimum atomic E-state index is -1.24. The van der Waals surface area contributed by atoms with Crippen molar-refractivity contribution in [1.29, 1.82) is 0 Å². The molecule has 8 heteroatoms. The van der Waals surface area contributed by atoms with Crippen molar-refractivity contribution in [2.24, 2.45) is 5.41 Å². The maximum absolute atomic E-state index is 13.0. The van der Waals surface area contributed by atoms with E-state index in [4.69, 9.17) is 49.0 Å². The Morgan fingerprint density at radius 1 is 0.818 bits per heavy atom. The molecule has 0 spiro atoms. The zero-order valence-electron chi connectivity index (χ0n) is 17.5. The van der Waals surface area contributed by atoms with Gasteiger partial charge in [0.05, 0.1) is 28.8 Å². The lowest BCUT2D eigenvalue weighted by Gasteiger charge is -2.43. The summed E-state index contributed by atoms with van der Waals surface area (Å²) >= 11 is 18.0. The molecule has 1 aliphatic heterocycles. The lowest BCUT2D eigenvalue weighted by atomic mass is 9.89. The van der Waals surface area contributed by atoms with Crippen LogP contribution in [0.3, 0.4) is 0 Å². The van der Waals surface area contributed by atoms with Crippen LogP contribution in [-0.4, -0.2) is 25.2 Å². The van der Waals surface area contributed by atoms with Gasteiger partial charge in [-0.05, 0) is 19.1 Å². The predicted molar refractivity (Wildman–Crippen MR) is 126 cm³/mol. The van der Waals surface area contributed by atoms with Crippen LogP contribution in [0.25, 0.3) is 0 Å². The molecule has 0 unspecified atom stereocenters. The first-order valence-corrected chi connectivity index (χ1v) is 11.2. The maximum atomic E-state index is 13.0. The van der Waals surface area contributed by atoms with Gasteiger partial charge < -0.3 is 14.2 Å². The Hall–Kier alpha value is -2.41. The molecule has 3 aromatic carbocycles. The van der Waals surface area contributed by atoms with Crippen LogP contribution in [0.4, 0.5) is 0 Å². The molecule has 0 bridgehead atoms. The van der Waals surface area contributed by atoms with Gasteiger partial charge in [-0.25, -0.2) is 4.79 Å². The van der Waals surface area contributed by atoms with Crippen molar-refractivity contribution in [1.82, 2.24) is 0 Å². The molecule has 0 aliphatic carbocycles. The summed E-state index contributed by atoms with van der Waals surface area (Å²) < 4.78 is 17.6. The number of hydrogen-bond donors (Lipinski definition) is 0. The number of benzene rings is 3. The summed E-state index contributed by atoms with van der Waals surface area (Å²) in [6.07, 6.45) is 0. The molecule has 0 saturated carbocycles. The van der Waals surface area contributed by atoms with Gasteiger partial charge in [0, 0.05) is 16.1 Å². The third-order valence-corrected chi connectivity index (χ3v) is 6.20. The molecule has 1 saturated heterocycles. The Balaban J connectivity index is 1.56. The van der Waals surface area contributed by atoms with E-state index in [0.717, 1.165) is 11.1 Å². The highest BCUT2D eigenvalue weighted by atomic mass is 35.5. The first-order valence-electron chi connectivity index (χ1n) is 10.1. The van der Waals surface area contributed by atoms with Crippen LogP contribution in [0.5, 0.6) is 0 Å². The second kappa shape index (κ2) is 9.45.